The maximum atomic E-state index is 11.2. The fourth-order valence-electron chi connectivity index (χ4n) is 2.27. The third-order valence-corrected chi connectivity index (χ3v) is 2.98. The predicted octanol–water partition coefficient (Wildman–Crippen LogP) is 1.73. The maximum Gasteiger partial charge on any atom is 0.306 e. The minimum absolute atomic E-state index is 0.0817. The van der Waals surface area contributed by atoms with Crippen LogP contribution in [0, 0.1) is 0 Å². The lowest BCUT2D eigenvalue weighted by Crippen LogP contribution is -2.25. The first-order valence-electron chi connectivity index (χ1n) is 5.72. The molecular formula is C12H16O4. The molecule has 4 nitrogen and oxygen atoms in total. The van der Waals surface area contributed by atoms with Crippen LogP contribution in [0.25, 0.3) is 0 Å². The van der Waals surface area contributed by atoms with E-state index in [9.17, 15) is 9.59 Å². The topological polar surface area (TPSA) is 52.6 Å². The minimum Gasteiger partial charge on any atom is -0.458 e. The molecule has 2 atom stereocenters. The Kier molecular flexibility index (Phi) is 3.27. The molecule has 1 heterocycles. The van der Waals surface area contributed by atoms with E-state index in [1.807, 2.05) is 6.08 Å². The van der Waals surface area contributed by atoms with Crippen LogP contribution in [0.3, 0.4) is 0 Å². The van der Waals surface area contributed by atoms with Crippen LogP contribution in [0.2, 0.25) is 0 Å². The van der Waals surface area contributed by atoms with E-state index in [4.69, 9.17) is 9.47 Å². The highest BCUT2D eigenvalue weighted by Crippen LogP contribution is 2.29. The zero-order valence-electron chi connectivity index (χ0n) is 9.40. The molecule has 1 saturated heterocycles. The predicted molar refractivity (Wildman–Crippen MR) is 56.6 cm³/mol. The van der Waals surface area contributed by atoms with Gasteiger partial charge >= 0.3 is 11.9 Å². The molecule has 0 aromatic carbocycles. The van der Waals surface area contributed by atoms with E-state index in [-0.39, 0.29) is 24.1 Å². The molecule has 0 spiro atoms. The van der Waals surface area contributed by atoms with E-state index in [0.717, 1.165) is 31.3 Å². The maximum absolute atomic E-state index is 11.2. The van der Waals surface area contributed by atoms with Gasteiger partial charge in [0.2, 0.25) is 0 Å². The molecule has 0 aromatic rings. The Hall–Kier alpha value is -1.32. The van der Waals surface area contributed by atoms with Crippen LogP contribution in [-0.2, 0) is 19.1 Å². The Morgan fingerprint density at radius 1 is 1.44 bits per heavy atom. The van der Waals surface area contributed by atoms with Crippen LogP contribution in [-0.4, -0.2) is 24.1 Å². The molecule has 1 aliphatic heterocycles. The first-order chi connectivity index (χ1) is 7.65. The lowest BCUT2D eigenvalue weighted by molar-refractivity contribution is -0.150. The fourth-order valence-corrected chi connectivity index (χ4v) is 2.27. The largest absolute Gasteiger partial charge is 0.458 e. The van der Waals surface area contributed by atoms with Crippen LogP contribution in [0.1, 0.15) is 39.0 Å². The van der Waals surface area contributed by atoms with Gasteiger partial charge in [-0.05, 0) is 37.3 Å². The SMILES string of the molecule is CC(=O)O[C@H]1C=C2CCC(=O)O[C@H]2CCC1. The van der Waals surface area contributed by atoms with E-state index >= 15 is 0 Å². The fraction of sp³-hybridized carbons (Fsp3) is 0.667. The van der Waals surface area contributed by atoms with Gasteiger partial charge in [-0.25, -0.2) is 0 Å². The van der Waals surface area contributed by atoms with Crippen molar-refractivity contribution < 1.29 is 19.1 Å². The molecule has 0 unspecified atom stereocenters. The van der Waals surface area contributed by atoms with Crippen LogP contribution < -0.4 is 0 Å². The quantitative estimate of drug-likeness (QED) is 0.503. The van der Waals surface area contributed by atoms with Crippen molar-refractivity contribution in [3.05, 3.63) is 11.6 Å². The van der Waals surface area contributed by atoms with Crippen LogP contribution in [0.4, 0.5) is 0 Å². The monoisotopic (exact) mass is 224 g/mol. The summed E-state index contributed by atoms with van der Waals surface area (Å²) in [5, 5.41) is 0. The second-order valence-corrected chi connectivity index (χ2v) is 4.30. The third-order valence-electron chi connectivity index (χ3n) is 2.98. The minimum atomic E-state index is -0.256. The molecule has 16 heavy (non-hydrogen) atoms. The normalized spacial score (nSPS) is 29.6. The van der Waals surface area contributed by atoms with Gasteiger partial charge in [0.15, 0.2) is 0 Å². The molecule has 0 amide bonds. The third kappa shape index (κ3) is 2.62. The Balaban J connectivity index is 2.08. The highest BCUT2D eigenvalue weighted by atomic mass is 16.5. The second kappa shape index (κ2) is 4.68. The molecule has 1 aliphatic carbocycles. The summed E-state index contributed by atoms with van der Waals surface area (Å²) in [4.78, 5) is 22.1. The zero-order valence-corrected chi connectivity index (χ0v) is 9.40. The molecule has 0 aromatic heterocycles. The van der Waals surface area contributed by atoms with Crippen molar-refractivity contribution in [2.75, 3.05) is 0 Å². The number of carbonyl (C=O) groups is 2. The van der Waals surface area contributed by atoms with Gasteiger partial charge in [-0.1, -0.05) is 0 Å². The van der Waals surface area contributed by atoms with Gasteiger partial charge < -0.3 is 9.47 Å². The Labute approximate surface area is 94.6 Å². The molecular weight excluding hydrogens is 208 g/mol. The Morgan fingerprint density at radius 3 is 3.00 bits per heavy atom. The standard InChI is InChI=1S/C12H16O4/c1-8(13)15-10-3-2-4-11-9(7-10)5-6-12(14)16-11/h7,10-11H,2-6H2,1H3/t10-,11+/m1/s1. The van der Waals surface area contributed by atoms with Gasteiger partial charge in [-0.2, -0.15) is 0 Å². The van der Waals surface area contributed by atoms with E-state index < -0.39 is 0 Å². The Bertz CT molecular complexity index is 332. The van der Waals surface area contributed by atoms with Crippen molar-refractivity contribution in [3.8, 4) is 0 Å². The molecule has 1 fully saturated rings. The molecule has 2 rings (SSSR count). The first kappa shape index (κ1) is 11.2. The van der Waals surface area contributed by atoms with Gasteiger partial charge in [-0.15, -0.1) is 0 Å². The number of hydrogen-bond donors (Lipinski definition) is 0. The lowest BCUT2D eigenvalue weighted by Gasteiger charge is -2.24. The van der Waals surface area contributed by atoms with Gasteiger partial charge in [-0.3, -0.25) is 9.59 Å². The number of esters is 2. The molecule has 4 heteroatoms. The number of fused-ring (bicyclic) bond motifs is 1. The van der Waals surface area contributed by atoms with Gasteiger partial charge in [0.1, 0.15) is 12.2 Å². The van der Waals surface area contributed by atoms with Crippen molar-refractivity contribution in [3.63, 3.8) is 0 Å². The van der Waals surface area contributed by atoms with Crippen LogP contribution in [0.5, 0.6) is 0 Å². The number of ether oxygens (including phenoxy) is 2. The average molecular weight is 224 g/mol. The van der Waals surface area contributed by atoms with Crippen LogP contribution >= 0.6 is 0 Å². The first-order valence-corrected chi connectivity index (χ1v) is 5.72. The number of hydrogen-bond acceptors (Lipinski definition) is 4. The van der Waals surface area contributed by atoms with Crippen molar-refractivity contribution in [2.45, 2.75) is 51.2 Å². The summed E-state index contributed by atoms with van der Waals surface area (Å²) >= 11 is 0. The smallest absolute Gasteiger partial charge is 0.306 e. The van der Waals surface area contributed by atoms with Crippen molar-refractivity contribution >= 4 is 11.9 Å². The molecule has 0 saturated carbocycles. The molecule has 0 N–H and O–H groups in total. The zero-order chi connectivity index (χ0) is 11.5. The van der Waals surface area contributed by atoms with Crippen molar-refractivity contribution in [1.82, 2.24) is 0 Å². The molecule has 0 radical (unpaired) electrons. The van der Waals surface area contributed by atoms with Crippen LogP contribution in [0.15, 0.2) is 11.6 Å². The number of rotatable bonds is 1. The molecule has 0 bridgehead atoms. The summed E-state index contributed by atoms with van der Waals surface area (Å²) in [6, 6.07) is 0. The second-order valence-electron chi connectivity index (χ2n) is 4.30. The average Bonchev–Trinajstić information content (AvgIpc) is 2.38. The summed E-state index contributed by atoms with van der Waals surface area (Å²) < 4.78 is 10.5. The summed E-state index contributed by atoms with van der Waals surface area (Å²) in [7, 11) is 0. The van der Waals surface area contributed by atoms with Gasteiger partial charge in [0.25, 0.3) is 0 Å². The molecule has 88 valence electrons. The molecule has 2 aliphatic rings. The van der Waals surface area contributed by atoms with Gasteiger partial charge in [0, 0.05) is 13.3 Å². The highest BCUT2D eigenvalue weighted by molar-refractivity contribution is 5.71. The van der Waals surface area contributed by atoms with E-state index in [0.29, 0.717) is 6.42 Å². The number of carbonyl (C=O) groups excluding carboxylic acids is 2. The van der Waals surface area contributed by atoms with Gasteiger partial charge in [0.05, 0.1) is 0 Å². The van der Waals surface area contributed by atoms with E-state index in [2.05, 4.69) is 0 Å². The summed E-state index contributed by atoms with van der Waals surface area (Å²) in [5.41, 5.74) is 1.11. The highest BCUT2D eigenvalue weighted by Gasteiger charge is 2.28. The van der Waals surface area contributed by atoms with E-state index in [1.54, 1.807) is 0 Å². The van der Waals surface area contributed by atoms with E-state index in [1.165, 1.54) is 6.92 Å². The van der Waals surface area contributed by atoms with Crippen molar-refractivity contribution in [2.24, 2.45) is 0 Å². The summed E-state index contributed by atoms with van der Waals surface area (Å²) in [5.74, 6) is -0.374. The van der Waals surface area contributed by atoms with Crippen molar-refractivity contribution in [1.29, 1.82) is 0 Å². The Morgan fingerprint density at radius 2 is 2.25 bits per heavy atom. The summed E-state index contributed by atoms with van der Waals surface area (Å²) in [6.45, 7) is 1.42. The summed E-state index contributed by atoms with van der Waals surface area (Å²) in [6.07, 6.45) is 5.49. The lowest BCUT2D eigenvalue weighted by atomic mass is 9.99.